The molecule has 1 aliphatic rings. The van der Waals surface area contributed by atoms with Gasteiger partial charge in [0.15, 0.2) is 0 Å². The summed E-state index contributed by atoms with van der Waals surface area (Å²) < 4.78 is 7.37. The summed E-state index contributed by atoms with van der Waals surface area (Å²) in [5, 5.41) is 4.55. The molecule has 0 N–H and O–H groups in total. The molecule has 124 valence electrons. The number of amides is 1. The second-order valence-electron chi connectivity index (χ2n) is 6.43. The van der Waals surface area contributed by atoms with Crippen molar-refractivity contribution in [1.29, 1.82) is 0 Å². The van der Waals surface area contributed by atoms with Crippen molar-refractivity contribution < 1.29 is 9.21 Å². The van der Waals surface area contributed by atoms with E-state index in [-0.39, 0.29) is 11.9 Å². The summed E-state index contributed by atoms with van der Waals surface area (Å²) in [5.41, 5.74) is 2.20. The second kappa shape index (κ2) is 7.02. The average molecular weight is 315 g/mol. The van der Waals surface area contributed by atoms with Crippen LogP contribution in [0.5, 0.6) is 0 Å². The van der Waals surface area contributed by atoms with Gasteiger partial charge >= 0.3 is 0 Å². The van der Waals surface area contributed by atoms with Crippen molar-refractivity contribution in [2.45, 2.75) is 58.5 Å². The van der Waals surface area contributed by atoms with Gasteiger partial charge in [0.1, 0.15) is 5.76 Å². The average Bonchev–Trinajstić information content (AvgIpc) is 3.15. The summed E-state index contributed by atoms with van der Waals surface area (Å²) >= 11 is 0. The molecular weight excluding hydrogens is 290 g/mol. The van der Waals surface area contributed by atoms with Gasteiger partial charge in [-0.25, -0.2) is 0 Å². The van der Waals surface area contributed by atoms with E-state index >= 15 is 0 Å². The highest BCUT2D eigenvalue weighted by Crippen LogP contribution is 2.21. The fraction of sp³-hybridized carbons (Fsp3) is 0.556. The molecule has 5 heteroatoms. The van der Waals surface area contributed by atoms with Crippen LogP contribution in [0.2, 0.25) is 0 Å². The molecule has 0 saturated carbocycles. The zero-order chi connectivity index (χ0) is 16.2. The van der Waals surface area contributed by atoms with Crippen molar-refractivity contribution >= 4 is 5.91 Å². The van der Waals surface area contributed by atoms with Gasteiger partial charge in [0.05, 0.1) is 24.5 Å². The Bertz CT molecular complexity index is 645. The Hall–Kier alpha value is -2.04. The van der Waals surface area contributed by atoms with Gasteiger partial charge < -0.3 is 9.32 Å². The number of nitrogens with zero attached hydrogens (tertiary/aromatic N) is 3. The maximum atomic E-state index is 12.6. The molecule has 0 aromatic carbocycles. The number of hydrogen-bond donors (Lipinski definition) is 0. The van der Waals surface area contributed by atoms with E-state index < -0.39 is 0 Å². The zero-order valence-corrected chi connectivity index (χ0v) is 14.0. The van der Waals surface area contributed by atoms with Gasteiger partial charge in [-0.3, -0.25) is 9.48 Å². The van der Waals surface area contributed by atoms with Crippen LogP contribution in [0.4, 0.5) is 0 Å². The lowest BCUT2D eigenvalue weighted by molar-refractivity contribution is -0.135. The smallest absolute Gasteiger partial charge is 0.223 e. The first-order valence-corrected chi connectivity index (χ1v) is 8.46. The first-order chi connectivity index (χ1) is 11.1. The molecule has 5 nitrogen and oxygen atoms in total. The standard InChI is InChI=1S/C18H25N3O2/c1-14-12-15(2)21(19-14)13-16-6-3-4-10-20(16)18(22)9-8-17-7-5-11-23-17/h5,7,11-12,16H,3-4,6,8-10,13H2,1-2H3/t16-/m0/s1. The van der Waals surface area contributed by atoms with Gasteiger partial charge in [0, 0.05) is 25.1 Å². The minimum atomic E-state index is 0.229. The molecule has 2 aromatic heterocycles. The highest BCUT2D eigenvalue weighted by molar-refractivity contribution is 5.76. The molecule has 0 radical (unpaired) electrons. The first kappa shape index (κ1) is 15.8. The van der Waals surface area contributed by atoms with Crippen molar-refractivity contribution in [2.75, 3.05) is 6.54 Å². The summed E-state index contributed by atoms with van der Waals surface area (Å²) in [5.74, 6) is 1.11. The van der Waals surface area contributed by atoms with E-state index in [1.54, 1.807) is 6.26 Å². The highest BCUT2D eigenvalue weighted by atomic mass is 16.3. The van der Waals surface area contributed by atoms with Crippen LogP contribution in [0.1, 0.15) is 42.8 Å². The van der Waals surface area contributed by atoms with Crippen LogP contribution < -0.4 is 0 Å². The van der Waals surface area contributed by atoms with Gasteiger partial charge in [-0.15, -0.1) is 0 Å². The monoisotopic (exact) mass is 315 g/mol. The third-order valence-corrected chi connectivity index (χ3v) is 4.60. The van der Waals surface area contributed by atoms with Crippen LogP contribution in [0.25, 0.3) is 0 Å². The molecule has 0 spiro atoms. The van der Waals surface area contributed by atoms with Crippen LogP contribution in [-0.4, -0.2) is 33.2 Å². The lowest BCUT2D eigenvalue weighted by Gasteiger charge is -2.36. The predicted molar refractivity (Wildman–Crippen MR) is 88.1 cm³/mol. The Balaban J connectivity index is 1.63. The van der Waals surface area contributed by atoms with E-state index in [9.17, 15) is 4.79 Å². The second-order valence-corrected chi connectivity index (χ2v) is 6.43. The predicted octanol–water partition coefficient (Wildman–Crippen LogP) is 3.11. The van der Waals surface area contributed by atoms with Crippen LogP contribution in [0, 0.1) is 13.8 Å². The molecule has 3 rings (SSSR count). The molecule has 0 unspecified atom stereocenters. The summed E-state index contributed by atoms with van der Waals surface area (Å²) in [4.78, 5) is 14.7. The summed E-state index contributed by atoms with van der Waals surface area (Å²) in [7, 11) is 0. The van der Waals surface area contributed by atoms with E-state index in [1.165, 1.54) is 6.42 Å². The number of hydrogen-bond acceptors (Lipinski definition) is 3. The fourth-order valence-corrected chi connectivity index (χ4v) is 3.41. The molecule has 0 aliphatic carbocycles. The molecule has 23 heavy (non-hydrogen) atoms. The lowest BCUT2D eigenvalue weighted by atomic mass is 10.0. The number of carbonyl (C=O) groups is 1. The van der Waals surface area contributed by atoms with E-state index in [2.05, 4.69) is 23.0 Å². The van der Waals surface area contributed by atoms with Crippen molar-refractivity contribution in [3.05, 3.63) is 41.6 Å². The Morgan fingerprint density at radius 2 is 2.26 bits per heavy atom. The van der Waals surface area contributed by atoms with E-state index in [0.29, 0.717) is 12.8 Å². The third-order valence-electron chi connectivity index (χ3n) is 4.60. The number of carbonyl (C=O) groups excluding carboxylic acids is 1. The topological polar surface area (TPSA) is 51.3 Å². The number of rotatable bonds is 5. The van der Waals surface area contributed by atoms with Gasteiger partial charge in [-0.1, -0.05) is 0 Å². The minimum absolute atomic E-state index is 0.229. The number of piperidine rings is 1. The molecular formula is C18H25N3O2. The first-order valence-electron chi connectivity index (χ1n) is 8.46. The maximum Gasteiger partial charge on any atom is 0.223 e. The van der Waals surface area contributed by atoms with Gasteiger partial charge in [-0.2, -0.15) is 5.10 Å². The zero-order valence-electron chi connectivity index (χ0n) is 14.0. The van der Waals surface area contributed by atoms with Crippen molar-refractivity contribution in [1.82, 2.24) is 14.7 Å². The number of aromatic nitrogens is 2. The van der Waals surface area contributed by atoms with Gasteiger partial charge in [0.2, 0.25) is 5.91 Å². The fourth-order valence-electron chi connectivity index (χ4n) is 3.41. The van der Waals surface area contributed by atoms with Crippen molar-refractivity contribution in [3.8, 4) is 0 Å². The van der Waals surface area contributed by atoms with Crippen LogP contribution in [-0.2, 0) is 17.8 Å². The molecule has 1 aliphatic heterocycles. The maximum absolute atomic E-state index is 12.6. The highest BCUT2D eigenvalue weighted by Gasteiger charge is 2.27. The summed E-state index contributed by atoms with van der Waals surface area (Å²) in [6, 6.07) is 6.14. The molecule has 1 amide bonds. The van der Waals surface area contributed by atoms with Crippen LogP contribution in [0.15, 0.2) is 28.9 Å². The molecule has 2 aromatic rings. The molecule has 1 fully saturated rings. The number of likely N-dealkylation sites (tertiary alicyclic amines) is 1. The van der Waals surface area contributed by atoms with E-state index in [0.717, 1.165) is 43.1 Å². The summed E-state index contributed by atoms with van der Waals surface area (Å²) in [6.45, 7) is 5.75. The van der Waals surface area contributed by atoms with Crippen molar-refractivity contribution in [3.63, 3.8) is 0 Å². The molecule has 1 saturated heterocycles. The molecule has 3 heterocycles. The van der Waals surface area contributed by atoms with E-state index in [4.69, 9.17) is 4.42 Å². The Morgan fingerprint density at radius 3 is 2.96 bits per heavy atom. The molecule has 1 atom stereocenters. The minimum Gasteiger partial charge on any atom is -0.469 e. The van der Waals surface area contributed by atoms with Crippen LogP contribution >= 0.6 is 0 Å². The lowest BCUT2D eigenvalue weighted by Crippen LogP contribution is -2.46. The van der Waals surface area contributed by atoms with Gasteiger partial charge in [-0.05, 0) is 51.3 Å². The number of aryl methyl sites for hydroxylation is 3. The quantitative estimate of drug-likeness (QED) is 0.852. The number of furan rings is 1. The molecule has 0 bridgehead atoms. The largest absolute Gasteiger partial charge is 0.469 e. The SMILES string of the molecule is Cc1cc(C)n(C[C@@H]2CCCCN2C(=O)CCc2ccco2)n1. The summed E-state index contributed by atoms with van der Waals surface area (Å²) in [6.07, 6.45) is 6.19. The third kappa shape index (κ3) is 3.84. The van der Waals surface area contributed by atoms with Crippen LogP contribution in [0.3, 0.4) is 0 Å². The van der Waals surface area contributed by atoms with Gasteiger partial charge in [0.25, 0.3) is 0 Å². The van der Waals surface area contributed by atoms with Crippen molar-refractivity contribution in [2.24, 2.45) is 0 Å². The van der Waals surface area contributed by atoms with E-state index in [1.807, 2.05) is 23.7 Å². The normalized spacial score (nSPS) is 18.3. The Kier molecular flexibility index (Phi) is 4.84. The Labute approximate surface area is 137 Å². The Morgan fingerprint density at radius 1 is 1.39 bits per heavy atom.